The number of nitrogens with one attached hydrogen (secondary N) is 2. The number of anilines is 1. The van der Waals surface area contributed by atoms with Crippen molar-refractivity contribution in [2.75, 3.05) is 12.1 Å². The van der Waals surface area contributed by atoms with Crippen LogP contribution in [-0.2, 0) is 0 Å². The zero-order valence-electron chi connectivity index (χ0n) is 19.7. The van der Waals surface area contributed by atoms with Gasteiger partial charge in [0.15, 0.2) is 11.5 Å². The smallest absolute Gasteiger partial charge is 0.342 e. The van der Waals surface area contributed by atoms with Gasteiger partial charge >= 0.3 is 6.03 Å². The molecule has 2 aromatic carbocycles. The van der Waals surface area contributed by atoms with Crippen LogP contribution in [0.2, 0.25) is 0 Å². The van der Waals surface area contributed by atoms with Gasteiger partial charge in [-0.3, -0.25) is 4.79 Å². The second-order valence-electron chi connectivity index (χ2n) is 9.21. The molecule has 3 aromatic rings. The van der Waals surface area contributed by atoms with Gasteiger partial charge < -0.3 is 25.2 Å². The monoisotopic (exact) mass is 476 g/mol. The molecule has 2 amide bonds. The molecular weight excluding hydrogens is 448 g/mol. The lowest BCUT2D eigenvalue weighted by molar-refractivity contribution is 0.102. The lowest BCUT2D eigenvalue weighted by atomic mass is 10.0. The predicted molar refractivity (Wildman–Crippen MR) is 130 cm³/mol. The van der Waals surface area contributed by atoms with Gasteiger partial charge in [-0.2, -0.15) is 9.78 Å². The van der Waals surface area contributed by atoms with Gasteiger partial charge in [-0.25, -0.2) is 4.79 Å². The highest BCUT2D eigenvalue weighted by molar-refractivity contribution is 6.05. The SMILES string of the molecule is CC(C)NC(=O)n1nc(-c2ccc(NC(=O)c3ccc4c(c3)OCO4)cc2O)cc1C1CCCC1. The van der Waals surface area contributed by atoms with E-state index in [9.17, 15) is 14.7 Å². The summed E-state index contributed by atoms with van der Waals surface area (Å²) >= 11 is 0. The molecular formula is C26H28N4O5. The summed E-state index contributed by atoms with van der Waals surface area (Å²) in [5.41, 5.74) is 2.70. The molecule has 182 valence electrons. The summed E-state index contributed by atoms with van der Waals surface area (Å²) in [6, 6.07) is 11.4. The molecule has 9 nitrogen and oxygen atoms in total. The number of benzene rings is 2. The lowest BCUT2D eigenvalue weighted by Gasteiger charge is -2.13. The molecule has 1 aliphatic carbocycles. The summed E-state index contributed by atoms with van der Waals surface area (Å²) in [4.78, 5) is 25.5. The second kappa shape index (κ2) is 9.32. The zero-order chi connectivity index (χ0) is 24.5. The molecule has 1 aromatic heterocycles. The first-order valence-corrected chi connectivity index (χ1v) is 11.8. The Morgan fingerprint density at radius 3 is 2.57 bits per heavy atom. The maximum absolute atomic E-state index is 12.8. The van der Waals surface area contributed by atoms with Gasteiger partial charge in [0.2, 0.25) is 6.79 Å². The van der Waals surface area contributed by atoms with Gasteiger partial charge in [-0.15, -0.1) is 0 Å². The fourth-order valence-corrected chi connectivity index (χ4v) is 4.58. The molecule has 1 fully saturated rings. The topological polar surface area (TPSA) is 115 Å². The van der Waals surface area contributed by atoms with E-state index in [1.807, 2.05) is 19.9 Å². The maximum Gasteiger partial charge on any atom is 0.342 e. The number of phenols is 1. The van der Waals surface area contributed by atoms with Crippen LogP contribution in [-0.4, -0.2) is 39.7 Å². The Labute approximate surface area is 203 Å². The third kappa shape index (κ3) is 4.66. The van der Waals surface area contributed by atoms with Gasteiger partial charge in [0.05, 0.1) is 11.4 Å². The third-order valence-corrected chi connectivity index (χ3v) is 6.28. The number of rotatable bonds is 5. The average Bonchev–Trinajstić information content (AvgIpc) is 3.58. The number of nitrogens with zero attached hydrogens (tertiary/aromatic N) is 2. The van der Waals surface area contributed by atoms with E-state index in [0.717, 1.165) is 31.4 Å². The van der Waals surface area contributed by atoms with Crippen molar-refractivity contribution in [3.8, 4) is 28.5 Å². The highest BCUT2D eigenvalue weighted by atomic mass is 16.7. The van der Waals surface area contributed by atoms with Crippen molar-refractivity contribution in [3.63, 3.8) is 0 Å². The molecule has 5 rings (SSSR count). The minimum atomic E-state index is -0.339. The van der Waals surface area contributed by atoms with Crippen LogP contribution < -0.4 is 20.1 Å². The van der Waals surface area contributed by atoms with Crippen LogP contribution in [0.15, 0.2) is 42.5 Å². The molecule has 1 saturated carbocycles. The molecule has 0 atom stereocenters. The van der Waals surface area contributed by atoms with Crippen LogP contribution in [0.3, 0.4) is 0 Å². The number of fused-ring (bicyclic) bond motifs is 1. The summed E-state index contributed by atoms with van der Waals surface area (Å²) in [7, 11) is 0. The zero-order valence-corrected chi connectivity index (χ0v) is 19.7. The first-order valence-electron chi connectivity index (χ1n) is 11.8. The summed E-state index contributed by atoms with van der Waals surface area (Å²) in [5.74, 6) is 0.999. The lowest BCUT2D eigenvalue weighted by Crippen LogP contribution is -2.35. The van der Waals surface area contributed by atoms with Crippen molar-refractivity contribution in [3.05, 3.63) is 53.7 Å². The van der Waals surface area contributed by atoms with Crippen LogP contribution in [0.25, 0.3) is 11.3 Å². The number of hydrogen-bond acceptors (Lipinski definition) is 6. The van der Waals surface area contributed by atoms with Gasteiger partial charge in [-0.05, 0) is 63.1 Å². The van der Waals surface area contributed by atoms with Crippen molar-refractivity contribution >= 4 is 17.6 Å². The number of phenolic OH excluding ortho intramolecular Hbond substituents is 1. The molecule has 9 heteroatoms. The minimum Gasteiger partial charge on any atom is -0.507 e. The molecule has 1 aliphatic heterocycles. The quantitative estimate of drug-likeness (QED) is 0.484. The molecule has 0 spiro atoms. The first-order chi connectivity index (χ1) is 16.9. The van der Waals surface area contributed by atoms with Gasteiger partial charge in [0.1, 0.15) is 5.75 Å². The van der Waals surface area contributed by atoms with Crippen LogP contribution in [0.5, 0.6) is 17.2 Å². The van der Waals surface area contributed by atoms with E-state index in [-0.39, 0.29) is 36.4 Å². The number of carbonyl (C=O) groups is 2. The number of hydrogen-bond donors (Lipinski definition) is 3. The molecule has 0 saturated heterocycles. The van der Waals surface area contributed by atoms with Crippen LogP contribution in [0.4, 0.5) is 10.5 Å². The molecule has 2 aliphatic rings. The van der Waals surface area contributed by atoms with Crippen LogP contribution >= 0.6 is 0 Å². The summed E-state index contributed by atoms with van der Waals surface area (Å²) in [5, 5.41) is 21.0. The predicted octanol–water partition coefficient (Wildman–Crippen LogP) is 4.86. The van der Waals surface area contributed by atoms with Crippen molar-refractivity contribution in [1.82, 2.24) is 15.1 Å². The second-order valence-corrected chi connectivity index (χ2v) is 9.21. The Hall–Kier alpha value is -4.01. The highest BCUT2D eigenvalue weighted by Crippen LogP contribution is 2.38. The number of carbonyl (C=O) groups excluding carboxylic acids is 2. The number of aromatic hydroxyl groups is 1. The molecule has 35 heavy (non-hydrogen) atoms. The Morgan fingerprint density at radius 2 is 1.83 bits per heavy atom. The Morgan fingerprint density at radius 1 is 1.06 bits per heavy atom. The van der Waals surface area contributed by atoms with E-state index in [0.29, 0.717) is 34.0 Å². The molecule has 0 bridgehead atoms. The minimum absolute atomic E-state index is 0.0207. The number of aromatic nitrogens is 2. The van der Waals surface area contributed by atoms with E-state index >= 15 is 0 Å². The van der Waals surface area contributed by atoms with E-state index in [4.69, 9.17) is 9.47 Å². The van der Waals surface area contributed by atoms with Gasteiger partial charge in [0, 0.05) is 34.8 Å². The van der Waals surface area contributed by atoms with Crippen molar-refractivity contribution in [1.29, 1.82) is 0 Å². The first kappa shape index (κ1) is 22.8. The van der Waals surface area contributed by atoms with Crippen LogP contribution in [0.1, 0.15) is 61.5 Å². The highest BCUT2D eigenvalue weighted by Gasteiger charge is 2.26. The molecule has 0 unspecified atom stereocenters. The summed E-state index contributed by atoms with van der Waals surface area (Å²) in [6.07, 6.45) is 4.27. The van der Waals surface area contributed by atoms with Gasteiger partial charge in [0.25, 0.3) is 5.91 Å². The fourth-order valence-electron chi connectivity index (χ4n) is 4.58. The maximum atomic E-state index is 12.8. The van der Waals surface area contributed by atoms with E-state index in [1.165, 1.54) is 10.7 Å². The third-order valence-electron chi connectivity index (χ3n) is 6.28. The number of amides is 2. The Kier molecular flexibility index (Phi) is 6.07. The Bertz CT molecular complexity index is 1280. The van der Waals surface area contributed by atoms with E-state index < -0.39 is 0 Å². The normalized spacial score (nSPS) is 14.9. The van der Waals surface area contributed by atoms with Crippen molar-refractivity contribution in [2.45, 2.75) is 51.5 Å². The standard InChI is InChI=1S/C26H28N4O5/c1-15(2)27-26(33)30-21(16-5-3-4-6-16)13-20(29-30)19-9-8-18(12-22(19)31)28-25(32)17-7-10-23-24(11-17)35-14-34-23/h7-13,15-16,31H,3-6,14H2,1-2H3,(H,27,33)(H,28,32). The number of ether oxygens (including phenoxy) is 2. The van der Waals surface area contributed by atoms with Crippen molar-refractivity contribution in [2.24, 2.45) is 0 Å². The Balaban J connectivity index is 1.39. The molecule has 3 N–H and O–H groups in total. The van der Waals surface area contributed by atoms with E-state index in [1.54, 1.807) is 30.3 Å². The van der Waals surface area contributed by atoms with Crippen LogP contribution in [0, 0.1) is 0 Å². The largest absolute Gasteiger partial charge is 0.507 e. The van der Waals surface area contributed by atoms with Crippen molar-refractivity contribution < 1.29 is 24.2 Å². The summed E-state index contributed by atoms with van der Waals surface area (Å²) in [6.45, 7) is 3.94. The molecule has 2 heterocycles. The van der Waals surface area contributed by atoms with Gasteiger partial charge in [-0.1, -0.05) is 12.8 Å². The van der Waals surface area contributed by atoms with E-state index in [2.05, 4.69) is 15.7 Å². The average molecular weight is 477 g/mol. The summed E-state index contributed by atoms with van der Waals surface area (Å²) < 4.78 is 12.0. The molecule has 0 radical (unpaired) electrons. The fraction of sp³-hybridized carbons (Fsp3) is 0.346.